The van der Waals surface area contributed by atoms with Crippen molar-refractivity contribution in [2.45, 2.75) is 6.54 Å². The summed E-state index contributed by atoms with van der Waals surface area (Å²) in [6.45, 7) is 0.369. The topological polar surface area (TPSA) is 95.1 Å². The van der Waals surface area contributed by atoms with Gasteiger partial charge in [-0.25, -0.2) is 0 Å². The Labute approximate surface area is 160 Å². The van der Waals surface area contributed by atoms with E-state index in [1.807, 2.05) is 12.1 Å². The lowest BCUT2D eigenvalue weighted by Gasteiger charge is -2.06. The Bertz CT molecular complexity index is 1060. The molecule has 8 nitrogen and oxygen atoms in total. The van der Waals surface area contributed by atoms with Crippen LogP contribution in [0.5, 0.6) is 5.75 Å². The van der Waals surface area contributed by atoms with Gasteiger partial charge in [0.1, 0.15) is 11.5 Å². The summed E-state index contributed by atoms with van der Waals surface area (Å²) in [5.41, 5.74) is 1.18. The van der Waals surface area contributed by atoms with Gasteiger partial charge in [-0.3, -0.25) is 9.78 Å². The molecule has 8 heteroatoms. The number of nitrogens with one attached hydrogen (secondary N) is 1. The van der Waals surface area contributed by atoms with Crippen LogP contribution in [0.1, 0.15) is 16.1 Å². The summed E-state index contributed by atoms with van der Waals surface area (Å²) >= 11 is 0. The molecular formula is C20H17N5O3. The third-order valence-electron chi connectivity index (χ3n) is 4.06. The lowest BCUT2D eigenvalue weighted by molar-refractivity contribution is 0.0947. The molecule has 0 radical (unpaired) electrons. The van der Waals surface area contributed by atoms with Crippen molar-refractivity contribution in [3.05, 3.63) is 78.5 Å². The van der Waals surface area contributed by atoms with Gasteiger partial charge in [0.2, 0.25) is 5.95 Å². The molecule has 0 fully saturated rings. The van der Waals surface area contributed by atoms with Crippen LogP contribution in [-0.2, 0) is 6.54 Å². The van der Waals surface area contributed by atoms with E-state index in [0.717, 1.165) is 5.76 Å². The molecule has 4 aromatic rings. The molecule has 0 bridgehead atoms. The van der Waals surface area contributed by atoms with Crippen LogP contribution in [0, 0.1) is 0 Å². The highest BCUT2D eigenvalue weighted by Crippen LogP contribution is 2.19. The molecule has 28 heavy (non-hydrogen) atoms. The smallest absolute Gasteiger partial charge is 0.281 e. The molecule has 0 aliphatic heterocycles. The maximum atomic E-state index is 13.0. The highest BCUT2D eigenvalue weighted by molar-refractivity contribution is 5.97. The second-order valence-corrected chi connectivity index (χ2v) is 5.88. The van der Waals surface area contributed by atoms with E-state index in [-0.39, 0.29) is 5.91 Å². The average molecular weight is 375 g/mol. The van der Waals surface area contributed by atoms with Gasteiger partial charge in [0, 0.05) is 23.5 Å². The van der Waals surface area contributed by atoms with E-state index in [0.29, 0.717) is 35.2 Å². The van der Waals surface area contributed by atoms with Gasteiger partial charge in [-0.2, -0.15) is 9.67 Å². The highest BCUT2D eigenvalue weighted by Gasteiger charge is 2.19. The number of carbonyl (C=O) groups excluding carboxylic acids is 1. The number of pyridine rings is 1. The van der Waals surface area contributed by atoms with Gasteiger partial charge in [-0.1, -0.05) is 0 Å². The Morgan fingerprint density at radius 1 is 1.18 bits per heavy atom. The normalized spacial score (nSPS) is 10.6. The van der Waals surface area contributed by atoms with Gasteiger partial charge < -0.3 is 14.5 Å². The standard InChI is InChI=1S/C20H17N5O3/c1-27-16-8-6-14(7-9-16)19(26)25-20(22-13-17-5-3-11-28-17)23-18(24-25)15-4-2-10-21-12-15/h2-12H,13H2,1H3,(H,22,23,24). The molecule has 0 aliphatic carbocycles. The van der Waals surface area contributed by atoms with Gasteiger partial charge in [0.15, 0.2) is 5.82 Å². The van der Waals surface area contributed by atoms with Crippen molar-refractivity contribution in [1.82, 2.24) is 19.7 Å². The first-order valence-corrected chi connectivity index (χ1v) is 8.57. The molecule has 140 valence electrons. The van der Waals surface area contributed by atoms with Gasteiger partial charge in [-0.05, 0) is 48.5 Å². The molecule has 1 N–H and O–H groups in total. The molecule has 0 amide bonds. The number of furan rings is 1. The molecule has 0 spiro atoms. The van der Waals surface area contributed by atoms with Crippen LogP contribution >= 0.6 is 0 Å². The second-order valence-electron chi connectivity index (χ2n) is 5.88. The summed E-state index contributed by atoms with van der Waals surface area (Å²) in [7, 11) is 1.57. The largest absolute Gasteiger partial charge is 0.497 e. The quantitative estimate of drug-likeness (QED) is 0.553. The van der Waals surface area contributed by atoms with Gasteiger partial charge in [0.25, 0.3) is 5.91 Å². The van der Waals surface area contributed by atoms with Gasteiger partial charge >= 0.3 is 0 Å². The first kappa shape index (κ1) is 17.5. The van der Waals surface area contributed by atoms with E-state index in [1.54, 1.807) is 62.2 Å². The molecule has 1 aromatic carbocycles. The van der Waals surface area contributed by atoms with Crippen molar-refractivity contribution >= 4 is 11.9 Å². The zero-order valence-electron chi connectivity index (χ0n) is 15.1. The van der Waals surface area contributed by atoms with Crippen molar-refractivity contribution < 1.29 is 13.9 Å². The second kappa shape index (κ2) is 7.75. The number of rotatable bonds is 6. The molecular weight excluding hydrogens is 358 g/mol. The van der Waals surface area contributed by atoms with Gasteiger partial charge in [-0.15, -0.1) is 5.10 Å². The van der Waals surface area contributed by atoms with Crippen LogP contribution in [0.25, 0.3) is 11.4 Å². The predicted octanol–water partition coefficient (Wildman–Crippen LogP) is 3.24. The zero-order chi connectivity index (χ0) is 19.3. The van der Waals surface area contributed by atoms with E-state index >= 15 is 0 Å². The lowest BCUT2D eigenvalue weighted by Crippen LogP contribution is -2.17. The fourth-order valence-corrected chi connectivity index (χ4v) is 2.62. The van der Waals surface area contributed by atoms with Crippen molar-refractivity contribution in [2.75, 3.05) is 12.4 Å². The van der Waals surface area contributed by atoms with Crippen LogP contribution in [0.3, 0.4) is 0 Å². The number of carbonyl (C=O) groups is 1. The van der Waals surface area contributed by atoms with E-state index in [1.165, 1.54) is 4.68 Å². The van der Waals surface area contributed by atoms with Crippen LogP contribution in [0.2, 0.25) is 0 Å². The third kappa shape index (κ3) is 3.61. The minimum atomic E-state index is -0.313. The summed E-state index contributed by atoms with van der Waals surface area (Å²) in [4.78, 5) is 21.6. The summed E-state index contributed by atoms with van der Waals surface area (Å²) < 4.78 is 11.7. The summed E-state index contributed by atoms with van der Waals surface area (Å²) in [6, 6.07) is 14.1. The number of hydrogen-bond donors (Lipinski definition) is 1. The van der Waals surface area contributed by atoms with Gasteiger partial charge in [0.05, 0.1) is 19.9 Å². The monoisotopic (exact) mass is 375 g/mol. The molecule has 3 aromatic heterocycles. The molecule has 4 rings (SSSR count). The molecule has 0 saturated carbocycles. The molecule has 0 saturated heterocycles. The van der Waals surface area contributed by atoms with E-state index in [9.17, 15) is 4.79 Å². The van der Waals surface area contributed by atoms with Crippen molar-refractivity contribution in [1.29, 1.82) is 0 Å². The Kier molecular flexibility index (Phi) is 4.83. The van der Waals surface area contributed by atoms with Crippen molar-refractivity contribution in [3.8, 4) is 17.1 Å². The Morgan fingerprint density at radius 3 is 2.71 bits per heavy atom. The minimum absolute atomic E-state index is 0.313. The SMILES string of the molecule is COc1ccc(C(=O)n2nc(-c3cccnc3)nc2NCc2ccco2)cc1. The summed E-state index contributed by atoms with van der Waals surface area (Å²) in [5.74, 6) is 1.79. The Balaban J connectivity index is 1.68. The fourth-order valence-electron chi connectivity index (χ4n) is 2.62. The van der Waals surface area contributed by atoms with Crippen molar-refractivity contribution in [3.63, 3.8) is 0 Å². The number of ether oxygens (including phenoxy) is 1. The fraction of sp³-hybridized carbons (Fsp3) is 0.100. The minimum Gasteiger partial charge on any atom is -0.497 e. The maximum Gasteiger partial charge on any atom is 0.281 e. The summed E-state index contributed by atoms with van der Waals surface area (Å²) in [5, 5.41) is 7.50. The number of aromatic nitrogens is 4. The number of hydrogen-bond acceptors (Lipinski definition) is 7. The van der Waals surface area contributed by atoms with Crippen molar-refractivity contribution in [2.24, 2.45) is 0 Å². The van der Waals surface area contributed by atoms with Crippen LogP contribution in [0.15, 0.2) is 71.6 Å². The van der Waals surface area contributed by atoms with Crippen LogP contribution in [-0.4, -0.2) is 32.8 Å². The number of anilines is 1. The number of methoxy groups -OCH3 is 1. The van der Waals surface area contributed by atoms with E-state index < -0.39 is 0 Å². The van der Waals surface area contributed by atoms with Crippen LogP contribution in [0.4, 0.5) is 5.95 Å². The maximum absolute atomic E-state index is 13.0. The van der Waals surface area contributed by atoms with E-state index in [2.05, 4.69) is 20.4 Å². The molecule has 0 atom stereocenters. The number of benzene rings is 1. The first-order valence-electron chi connectivity index (χ1n) is 8.57. The zero-order valence-corrected chi connectivity index (χ0v) is 15.1. The molecule has 3 heterocycles. The Morgan fingerprint density at radius 2 is 2.04 bits per heavy atom. The Hall–Kier alpha value is -3.94. The average Bonchev–Trinajstić information content (AvgIpc) is 3.42. The molecule has 0 aliphatic rings. The molecule has 0 unspecified atom stereocenters. The van der Waals surface area contributed by atoms with Crippen LogP contribution < -0.4 is 10.1 Å². The van der Waals surface area contributed by atoms with E-state index in [4.69, 9.17) is 9.15 Å². The predicted molar refractivity (Wildman–Crippen MR) is 102 cm³/mol. The number of nitrogens with zero attached hydrogens (tertiary/aromatic N) is 4. The lowest BCUT2D eigenvalue weighted by atomic mass is 10.2. The highest BCUT2D eigenvalue weighted by atomic mass is 16.5. The first-order chi connectivity index (χ1) is 13.7. The third-order valence-corrected chi connectivity index (χ3v) is 4.06. The summed E-state index contributed by atoms with van der Waals surface area (Å²) in [6.07, 6.45) is 4.90.